The minimum Gasteiger partial charge on any atom is -0.494 e. The summed E-state index contributed by atoms with van der Waals surface area (Å²) >= 11 is 0. The van der Waals surface area contributed by atoms with E-state index in [0.29, 0.717) is 5.56 Å². The molecule has 0 spiro atoms. The number of ether oxygens (including phenoxy) is 1. The Labute approximate surface area is 146 Å². The summed E-state index contributed by atoms with van der Waals surface area (Å²) in [4.78, 5) is -0.0579. The molecule has 0 bridgehead atoms. The van der Waals surface area contributed by atoms with Gasteiger partial charge in [0.2, 0.25) is 10.0 Å². The molecule has 25 heavy (non-hydrogen) atoms. The largest absolute Gasteiger partial charge is 0.494 e. The monoisotopic (exact) mass is 387 g/mol. The molecule has 0 radical (unpaired) electrons. The maximum atomic E-state index is 13.8. The summed E-state index contributed by atoms with van der Waals surface area (Å²) in [6, 6.07) is 8.33. The van der Waals surface area contributed by atoms with Gasteiger partial charge in [-0.2, -0.15) is 0 Å². The Bertz CT molecular complexity index is 970. The maximum absolute atomic E-state index is 13.8. The zero-order valence-electron chi connectivity index (χ0n) is 13.9. The zero-order valence-corrected chi connectivity index (χ0v) is 15.5. The molecule has 2 aromatic carbocycles. The van der Waals surface area contributed by atoms with Gasteiger partial charge < -0.3 is 4.74 Å². The molecule has 1 N–H and O–H groups in total. The molecule has 1 atom stereocenters. The SMILES string of the molecule is COc1ccc([C@H](C)NS(=O)(=O)c2ccc(S(C)(=O)=O)cc2)cc1F. The number of benzene rings is 2. The van der Waals surface area contributed by atoms with Crippen LogP contribution in [0.3, 0.4) is 0 Å². The number of halogens is 1. The highest BCUT2D eigenvalue weighted by atomic mass is 32.2. The molecular formula is C16H18FNO5S2. The predicted octanol–water partition coefficient (Wildman–Crippen LogP) is 2.28. The number of hydrogen-bond acceptors (Lipinski definition) is 5. The molecule has 6 nitrogen and oxygen atoms in total. The van der Waals surface area contributed by atoms with E-state index in [1.54, 1.807) is 13.0 Å². The summed E-state index contributed by atoms with van der Waals surface area (Å²) in [5.41, 5.74) is 0.426. The molecule has 136 valence electrons. The normalized spacial score (nSPS) is 13.4. The summed E-state index contributed by atoms with van der Waals surface area (Å²) in [7, 11) is -5.97. The van der Waals surface area contributed by atoms with Crippen LogP contribution in [0, 0.1) is 5.82 Å². The van der Waals surface area contributed by atoms with Crippen molar-refractivity contribution < 1.29 is 26.0 Å². The van der Waals surface area contributed by atoms with Crippen molar-refractivity contribution in [1.82, 2.24) is 4.72 Å². The average molecular weight is 387 g/mol. The standard InChI is InChI=1S/C16H18FNO5S2/c1-11(12-4-9-16(23-2)15(17)10-12)18-25(21,22)14-7-5-13(6-8-14)24(3,19)20/h4-11,18H,1-3H3/t11-/m0/s1. The molecule has 2 rings (SSSR count). The molecule has 0 aliphatic heterocycles. The van der Waals surface area contributed by atoms with Crippen molar-refractivity contribution in [2.24, 2.45) is 0 Å². The third-order valence-electron chi connectivity index (χ3n) is 3.57. The van der Waals surface area contributed by atoms with Gasteiger partial charge in [-0.1, -0.05) is 6.07 Å². The van der Waals surface area contributed by atoms with Crippen molar-refractivity contribution in [3.05, 3.63) is 53.8 Å². The van der Waals surface area contributed by atoms with E-state index in [1.165, 1.54) is 43.5 Å². The quantitative estimate of drug-likeness (QED) is 0.821. The van der Waals surface area contributed by atoms with Gasteiger partial charge in [-0.15, -0.1) is 0 Å². The second-order valence-corrected chi connectivity index (χ2v) is 9.21. The third kappa shape index (κ3) is 4.56. The van der Waals surface area contributed by atoms with Gasteiger partial charge in [0.25, 0.3) is 0 Å². The summed E-state index contributed by atoms with van der Waals surface area (Å²) in [6.07, 6.45) is 1.04. The van der Waals surface area contributed by atoms with Crippen LogP contribution < -0.4 is 9.46 Å². The second kappa shape index (κ2) is 7.11. The Morgan fingerprint density at radius 1 is 1.00 bits per heavy atom. The lowest BCUT2D eigenvalue weighted by molar-refractivity contribution is 0.386. The van der Waals surface area contributed by atoms with E-state index in [-0.39, 0.29) is 15.5 Å². The molecule has 0 fully saturated rings. The van der Waals surface area contributed by atoms with Crippen LogP contribution in [0.5, 0.6) is 5.75 Å². The van der Waals surface area contributed by atoms with Crippen molar-refractivity contribution in [3.8, 4) is 5.75 Å². The van der Waals surface area contributed by atoms with E-state index in [9.17, 15) is 21.2 Å². The minimum atomic E-state index is -3.90. The van der Waals surface area contributed by atoms with Gasteiger partial charge in [-0.3, -0.25) is 0 Å². The molecule has 0 aliphatic rings. The number of hydrogen-bond donors (Lipinski definition) is 1. The van der Waals surface area contributed by atoms with Gasteiger partial charge in [-0.05, 0) is 48.9 Å². The Morgan fingerprint density at radius 2 is 1.56 bits per heavy atom. The summed E-state index contributed by atoms with van der Waals surface area (Å²) in [6.45, 7) is 1.57. The van der Waals surface area contributed by atoms with Crippen LogP contribution in [0.15, 0.2) is 52.3 Å². The number of methoxy groups -OCH3 is 1. The first-order valence-electron chi connectivity index (χ1n) is 7.20. The zero-order chi connectivity index (χ0) is 18.8. The van der Waals surface area contributed by atoms with Crippen molar-refractivity contribution in [3.63, 3.8) is 0 Å². The maximum Gasteiger partial charge on any atom is 0.241 e. The molecule has 0 amide bonds. The first kappa shape index (κ1) is 19.4. The molecule has 0 saturated carbocycles. The number of nitrogens with one attached hydrogen (secondary N) is 1. The highest BCUT2D eigenvalue weighted by molar-refractivity contribution is 7.90. The Balaban J connectivity index is 2.24. The lowest BCUT2D eigenvalue weighted by Gasteiger charge is -2.15. The van der Waals surface area contributed by atoms with E-state index in [0.717, 1.165) is 6.26 Å². The van der Waals surface area contributed by atoms with E-state index in [2.05, 4.69) is 4.72 Å². The Kier molecular flexibility index (Phi) is 5.50. The van der Waals surface area contributed by atoms with Crippen molar-refractivity contribution >= 4 is 19.9 Å². The van der Waals surface area contributed by atoms with Gasteiger partial charge >= 0.3 is 0 Å². The molecule has 2 aromatic rings. The third-order valence-corrected chi connectivity index (χ3v) is 6.26. The molecular weight excluding hydrogens is 369 g/mol. The lowest BCUT2D eigenvalue weighted by Crippen LogP contribution is -2.27. The topological polar surface area (TPSA) is 89.5 Å². The highest BCUT2D eigenvalue weighted by Crippen LogP contribution is 2.23. The number of rotatable bonds is 6. The lowest BCUT2D eigenvalue weighted by atomic mass is 10.1. The highest BCUT2D eigenvalue weighted by Gasteiger charge is 2.20. The van der Waals surface area contributed by atoms with Crippen LogP contribution in [0.1, 0.15) is 18.5 Å². The summed E-state index contributed by atoms with van der Waals surface area (Å²) < 4.78 is 68.7. The van der Waals surface area contributed by atoms with E-state index in [1.807, 2.05) is 0 Å². The van der Waals surface area contributed by atoms with E-state index in [4.69, 9.17) is 4.74 Å². The predicted molar refractivity (Wildman–Crippen MR) is 91.2 cm³/mol. The van der Waals surface area contributed by atoms with Gasteiger partial charge in [-0.25, -0.2) is 25.9 Å². The average Bonchev–Trinajstić information content (AvgIpc) is 2.53. The number of sulfone groups is 1. The van der Waals surface area contributed by atoms with Gasteiger partial charge in [0, 0.05) is 12.3 Å². The molecule has 0 heterocycles. The van der Waals surface area contributed by atoms with Gasteiger partial charge in [0.15, 0.2) is 21.4 Å². The van der Waals surface area contributed by atoms with Crippen LogP contribution in [0.4, 0.5) is 4.39 Å². The molecule has 0 aliphatic carbocycles. The molecule has 9 heteroatoms. The minimum absolute atomic E-state index is 0.0247. The van der Waals surface area contributed by atoms with Gasteiger partial charge in [0.05, 0.1) is 16.9 Å². The summed E-state index contributed by atoms with van der Waals surface area (Å²) in [5, 5.41) is 0. The molecule has 0 unspecified atom stereocenters. The van der Waals surface area contributed by atoms with Crippen molar-refractivity contribution in [2.45, 2.75) is 22.8 Å². The number of sulfonamides is 1. The fourth-order valence-electron chi connectivity index (χ4n) is 2.19. The second-order valence-electron chi connectivity index (χ2n) is 5.48. The van der Waals surface area contributed by atoms with E-state index < -0.39 is 31.7 Å². The van der Waals surface area contributed by atoms with Crippen LogP contribution in [-0.4, -0.2) is 30.2 Å². The van der Waals surface area contributed by atoms with Crippen LogP contribution >= 0.6 is 0 Å². The molecule has 0 aromatic heterocycles. The fourth-order valence-corrected chi connectivity index (χ4v) is 4.05. The first-order valence-corrected chi connectivity index (χ1v) is 10.6. The van der Waals surface area contributed by atoms with Gasteiger partial charge in [0.1, 0.15) is 0 Å². The van der Waals surface area contributed by atoms with Crippen molar-refractivity contribution in [2.75, 3.05) is 13.4 Å². The Hall–Kier alpha value is -1.97. The fraction of sp³-hybridized carbons (Fsp3) is 0.250. The van der Waals surface area contributed by atoms with E-state index >= 15 is 0 Å². The first-order chi connectivity index (χ1) is 11.5. The smallest absolute Gasteiger partial charge is 0.241 e. The Morgan fingerprint density at radius 3 is 2.04 bits per heavy atom. The van der Waals surface area contributed by atoms with Crippen LogP contribution in [0.25, 0.3) is 0 Å². The van der Waals surface area contributed by atoms with Crippen molar-refractivity contribution in [1.29, 1.82) is 0 Å². The van der Waals surface area contributed by atoms with Crippen LogP contribution in [0.2, 0.25) is 0 Å². The molecule has 0 saturated heterocycles. The summed E-state index contributed by atoms with van der Waals surface area (Å²) in [5.74, 6) is -0.529. The van der Waals surface area contributed by atoms with Crippen LogP contribution in [-0.2, 0) is 19.9 Å².